The van der Waals surface area contributed by atoms with E-state index in [2.05, 4.69) is 5.16 Å². The summed E-state index contributed by atoms with van der Waals surface area (Å²) >= 11 is 0. The smallest absolute Gasteiger partial charge is 0.321 e. The van der Waals surface area contributed by atoms with Gasteiger partial charge in [-0.25, -0.2) is 12.8 Å². The fraction of sp³-hybridized carbons (Fsp3) is 0.125. The zero-order chi connectivity index (χ0) is 17.5. The number of benzene rings is 2. The van der Waals surface area contributed by atoms with Crippen molar-refractivity contribution in [2.75, 3.05) is 0 Å². The van der Waals surface area contributed by atoms with Crippen LogP contribution in [0.3, 0.4) is 0 Å². The molecule has 0 aliphatic carbocycles. The van der Waals surface area contributed by atoms with Crippen molar-refractivity contribution in [3.8, 4) is 11.3 Å². The van der Waals surface area contributed by atoms with E-state index in [4.69, 9.17) is 9.63 Å². The monoisotopic (exact) mass is 349 g/mol. The molecule has 1 atom stereocenters. The van der Waals surface area contributed by atoms with Gasteiger partial charge in [0.2, 0.25) is 0 Å². The van der Waals surface area contributed by atoms with Crippen molar-refractivity contribution < 1.29 is 27.2 Å². The van der Waals surface area contributed by atoms with Crippen molar-refractivity contribution >= 4 is 26.8 Å². The van der Waals surface area contributed by atoms with Gasteiger partial charge in [-0.05, 0) is 31.2 Å². The molecule has 0 spiro atoms. The number of sulfone groups is 1. The van der Waals surface area contributed by atoms with E-state index < -0.39 is 26.9 Å². The molecule has 0 fully saturated rings. The van der Waals surface area contributed by atoms with Crippen LogP contribution in [0.1, 0.15) is 6.92 Å². The molecule has 0 aliphatic heterocycles. The van der Waals surface area contributed by atoms with Gasteiger partial charge in [0, 0.05) is 17.0 Å². The Morgan fingerprint density at radius 3 is 2.62 bits per heavy atom. The summed E-state index contributed by atoms with van der Waals surface area (Å²) in [5.74, 6) is -1.93. The molecule has 3 rings (SSSR count). The van der Waals surface area contributed by atoms with Crippen LogP contribution in [-0.4, -0.2) is 29.9 Å². The summed E-state index contributed by atoms with van der Waals surface area (Å²) in [5, 5.41) is 11.6. The van der Waals surface area contributed by atoms with Crippen LogP contribution in [-0.2, 0) is 14.6 Å². The first-order valence-corrected chi connectivity index (χ1v) is 8.48. The maximum atomic E-state index is 13.9. The van der Waals surface area contributed by atoms with Crippen LogP contribution in [0.5, 0.6) is 0 Å². The number of nitrogens with zero attached hydrogens (tertiary/aromatic N) is 1. The first-order chi connectivity index (χ1) is 11.3. The minimum atomic E-state index is -4.05. The molecule has 1 aromatic heterocycles. The van der Waals surface area contributed by atoms with Gasteiger partial charge in [0.1, 0.15) is 11.5 Å². The van der Waals surface area contributed by atoms with Crippen molar-refractivity contribution in [2.24, 2.45) is 0 Å². The van der Waals surface area contributed by atoms with E-state index in [9.17, 15) is 17.6 Å². The standard InChI is InChI=1S/C16H12FNO5S/c1-9(16(19)20)24(21,22)10-6-7-12-14(8-10)23-18-15(12)11-4-2-3-5-13(11)17/h2-9H,1H3,(H,19,20). The van der Waals surface area contributed by atoms with Crippen molar-refractivity contribution in [3.63, 3.8) is 0 Å². The van der Waals surface area contributed by atoms with E-state index in [1.165, 1.54) is 30.3 Å². The third-order valence-corrected chi connectivity index (χ3v) is 5.76. The van der Waals surface area contributed by atoms with Gasteiger partial charge in [0.05, 0.1) is 4.90 Å². The summed E-state index contributed by atoms with van der Waals surface area (Å²) in [6.07, 6.45) is 0. The van der Waals surface area contributed by atoms with Gasteiger partial charge >= 0.3 is 5.97 Å². The van der Waals surface area contributed by atoms with E-state index in [0.29, 0.717) is 5.39 Å². The second-order valence-electron chi connectivity index (χ2n) is 5.19. The predicted octanol–water partition coefficient (Wildman–Crippen LogP) is 2.88. The molecule has 3 aromatic rings. The Labute approximate surface area is 136 Å². The quantitative estimate of drug-likeness (QED) is 0.778. The first-order valence-electron chi connectivity index (χ1n) is 6.93. The van der Waals surface area contributed by atoms with E-state index in [1.54, 1.807) is 12.1 Å². The van der Waals surface area contributed by atoms with Gasteiger partial charge in [0.15, 0.2) is 20.7 Å². The zero-order valence-corrected chi connectivity index (χ0v) is 13.2. The van der Waals surface area contributed by atoms with Gasteiger partial charge in [-0.15, -0.1) is 0 Å². The highest BCUT2D eigenvalue weighted by Gasteiger charge is 2.30. The van der Waals surface area contributed by atoms with E-state index >= 15 is 0 Å². The van der Waals surface area contributed by atoms with E-state index in [-0.39, 0.29) is 21.7 Å². The number of aliphatic carboxylic acids is 1. The Hall–Kier alpha value is -2.74. The molecule has 0 amide bonds. The number of hydrogen-bond acceptors (Lipinski definition) is 5. The fourth-order valence-electron chi connectivity index (χ4n) is 2.28. The summed E-state index contributed by atoms with van der Waals surface area (Å²) in [5.41, 5.74) is 0.607. The van der Waals surface area contributed by atoms with Crippen LogP contribution in [0.4, 0.5) is 4.39 Å². The van der Waals surface area contributed by atoms with Gasteiger partial charge in [0.25, 0.3) is 0 Å². The summed E-state index contributed by atoms with van der Waals surface area (Å²) in [6, 6.07) is 9.88. The minimum absolute atomic E-state index is 0.131. The number of rotatable bonds is 4. The van der Waals surface area contributed by atoms with Crippen molar-refractivity contribution in [2.45, 2.75) is 17.1 Å². The maximum Gasteiger partial charge on any atom is 0.321 e. The third-order valence-electron chi connectivity index (χ3n) is 3.71. The Balaban J connectivity index is 2.13. The van der Waals surface area contributed by atoms with Gasteiger partial charge in [-0.2, -0.15) is 0 Å². The second kappa shape index (κ2) is 5.72. The van der Waals surface area contributed by atoms with Crippen LogP contribution in [0, 0.1) is 5.82 Å². The third kappa shape index (κ3) is 2.54. The molecule has 0 saturated heterocycles. The normalized spacial score (nSPS) is 13.1. The molecule has 0 radical (unpaired) electrons. The topological polar surface area (TPSA) is 97.5 Å². The van der Waals surface area contributed by atoms with Gasteiger partial charge in [-0.3, -0.25) is 4.79 Å². The minimum Gasteiger partial charge on any atom is -0.480 e. The molecule has 6 nitrogen and oxygen atoms in total. The molecule has 0 aliphatic rings. The number of carboxylic acid groups (broad SMARTS) is 1. The fourth-order valence-corrected chi connectivity index (χ4v) is 3.48. The summed E-state index contributed by atoms with van der Waals surface area (Å²) in [6.45, 7) is 1.09. The predicted molar refractivity (Wildman–Crippen MR) is 83.7 cm³/mol. The zero-order valence-electron chi connectivity index (χ0n) is 12.4. The molecule has 24 heavy (non-hydrogen) atoms. The van der Waals surface area contributed by atoms with Crippen LogP contribution in [0.15, 0.2) is 51.9 Å². The van der Waals surface area contributed by atoms with Gasteiger partial charge < -0.3 is 9.63 Å². The molecule has 1 N–H and O–H groups in total. The molecular weight excluding hydrogens is 337 g/mol. The van der Waals surface area contributed by atoms with E-state index in [1.807, 2.05) is 0 Å². The van der Waals surface area contributed by atoms with Crippen LogP contribution in [0.2, 0.25) is 0 Å². The second-order valence-corrected chi connectivity index (χ2v) is 7.46. The lowest BCUT2D eigenvalue weighted by Gasteiger charge is -2.08. The molecular formula is C16H12FNO5S. The van der Waals surface area contributed by atoms with Crippen LogP contribution in [0.25, 0.3) is 22.2 Å². The first kappa shape index (κ1) is 16.1. The molecule has 124 valence electrons. The Kier molecular flexibility index (Phi) is 3.84. The highest BCUT2D eigenvalue weighted by Crippen LogP contribution is 2.31. The number of fused-ring (bicyclic) bond motifs is 1. The van der Waals surface area contributed by atoms with Crippen molar-refractivity contribution in [1.29, 1.82) is 0 Å². The molecule has 0 bridgehead atoms. The van der Waals surface area contributed by atoms with Crippen molar-refractivity contribution in [1.82, 2.24) is 5.16 Å². The lowest BCUT2D eigenvalue weighted by atomic mass is 10.1. The van der Waals surface area contributed by atoms with Crippen LogP contribution < -0.4 is 0 Å². The number of aromatic nitrogens is 1. The maximum absolute atomic E-state index is 13.9. The molecule has 1 unspecified atom stereocenters. The van der Waals surface area contributed by atoms with Crippen LogP contribution >= 0.6 is 0 Å². The molecule has 8 heteroatoms. The van der Waals surface area contributed by atoms with Crippen molar-refractivity contribution in [3.05, 3.63) is 48.3 Å². The average molecular weight is 349 g/mol. The largest absolute Gasteiger partial charge is 0.480 e. The van der Waals surface area contributed by atoms with Gasteiger partial charge in [-0.1, -0.05) is 17.3 Å². The summed E-state index contributed by atoms with van der Waals surface area (Å²) < 4.78 is 43.5. The number of carboxylic acids is 1. The van der Waals surface area contributed by atoms with E-state index in [0.717, 1.165) is 6.92 Å². The highest BCUT2D eigenvalue weighted by atomic mass is 32.2. The number of halogens is 1. The lowest BCUT2D eigenvalue weighted by molar-refractivity contribution is -0.136. The molecule has 0 saturated carbocycles. The Morgan fingerprint density at radius 1 is 1.25 bits per heavy atom. The number of hydrogen-bond donors (Lipinski definition) is 1. The average Bonchev–Trinajstić information content (AvgIpc) is 2.97. The highest BCUT2D eigenvalue weighted by molar-refractivity contribution is 7.92. The molecule has 1 heterocycles. The number of carbonyl (C=O) groups is 1. The summed E-state index contributed by atoms with van der Waals surface area (Å²) in [7, 11) is -4.05. The Morgan fingerprint density at radius 2 is 1.96 bits per heavy atom. The lowest BCUT2D eigenvalue weighted by Crippen LogP contribution is -2.26. The molecule has 2 aromatic carbocycles. The SMILES string of the molecule is CC(C(=O)O)S(=O)(=O)c1ccc2c(-c3ccccc3F)noc2c1. The Bertz CT molecular complexity index is 1040. The summed E-state index contributed by atoms with van der Waals surface area (Å²) in [4.78, 5) is 10.8.